The van der Waals surface area contributed by atoms with E-state index in [4.69, 9.17) is 0 Å². The van der Waals surface area contributed by atoms with Crippen LogP contribution in [0.15, 0.2) is 48.5 Å². The topological polar surface area (TPSA) is 20.2 Å². The minimum Gasteiger partial charge on any atom is -0.508 e. The molecule has 1 heteroatoms. The van der Waals surface area contributed by atoms with Gasteiger partial charge >= 0.3 is 0 Å². The SMILES string of the molecule is CCCCCc1ccccc1C(C)(C)c1ccccc1O. The monoisotopic (exact) mass is 282 g/mol. The van der Waals surface area contributed by atoms with Crippen LogP contribution in [0.1, 0.15) is 56.7 Å². The molecule has 1 nitrogen and oxygen atoms in total. The van der Waals surface area contributed by atoms with Crippen molar-refractivity contribution in [2.24, 2.45) is 0 Å². The van der Waals surface area contributed by atoms with Crippen LogP contribution in [0.2, 0.25) is 0 Å². The Kier molecular flexibility index (Phi) is 5.06. The van der Waals surface area contributed by atoms with Crippen molar-refractivity contribution < 1.29 is 5.11 Å². The Morgan fingerprint density at radius 2 is 1.48 bits per heavy atom. The smallest absolute Gasteiger partial charge is 0.119 e. The van der Waals surface area contributed by atoms with Crippen molar-refractivity contribution in [2.45, 2.75) is 51.9 Å². The quantitative estimate of drug-likeness (QED) is 0.698. The van der Waals surface area contributed by atoms with E-state index in [2.05, 4.69) is 45.0 Å². The molecular weight excluding hydrogens is 256 g/mol. The summed E-state index contributed by atoms with van der Waals surface area (Å²) in [6.45, 7) is 6.62. The highest BCUT2D eigenvalue weighted by Gasteiger charge is 2.27. The summed E-state index contributed by atoms with van der Waals surface area (Å²) in [5.74, 6) is 0.380. The summed E-state index contributed by atoms with van der Waals surface area (Å²) in [4.78, 5) is 0. The van der Waals surface area contributed by atoms with Gasteiger partial charge in [0.2, 0.25) is 0 Å². The van der Waals surface area contributed by atoms with Crippen molar-refractivity contribution in [1.82, 2.24) is 0 Å². The zero-order valence-electron chi connectivity index (χ0n) is 13.4. The van der Waals surface area contributed by atoms with E-state index in [1.54, 1.807) is 6.07 Å². The van der Waals surface area contributed by atoms with Gasteiger partial charge in [-0.25, -0.2) is 0 Å². The van der Waals surface area contributed by atoms with Gasteiger partial charge in [-0.3, -0.25) is 0 Å². The van der Waals surface area contributed by atoms with Gasteiger partial charge in [0.15, 0.2) is 0 Å². The van der Waals surface area contributed by atoms with Crippen LogP contribution in [-0.4, -0.2) is 5.11 Å². The van der Waals surface area contributed by atoms with Crippen molar-refractivity contribution >= 4 is 0 Å². The molecule has 0 aliphatic heterocycles. The van der Waals surface area contributed by atoms with Gasteiger partial charge in [0.1, 0.15) is 5.75 Å². The molecule has 0 aliphatic carbocycles. The Bertz CT molecular complexity index is 584. The lowest BCUT2D eigenvalue weighted by Gasteiger charge is -2.29. The third-order valence-electron chi connectivity index (χ3n) is 4.32. The number of benzene rings is 2. The number of hydrogen-bond donors (Lipinski definition) is 1. The molecule has 0 bridgehead atoms. The molecule has 0 heterocycles. The fourth-order valence-electron chi connectivity index (χ4n) is 3.06. The van der Waals surface area contributed by atoms with Crippen LogP contribution in [0.25, 0.3) is 0 Å². The lowest BCUT2D eigenvalue weighted by atomic mass is 9.75. The first-order valence-corrected chi connectivity index (χ1v) is 7.94. The molecule has 0 amide bonds. The molecule has 1 N–H and O–H groups in total. The number of aromatic hydroxyl groups is 1. The molecule has 2 aromatic carbocycles. The van der Waals surface area contributed by atoms with Crippen LogP contribution in [0.3, 0.4) is 0 Å². The first-order chi connectivity index (χ1) is 10.1. The Balaban J connectivity index is 2.38. The predicted molar refractivity (Wildman–Crippen MR) is 89.9 cm³/mol. The predicted octanol–water partition coefficient (Wildman–Crippen LogP) is 5.45. The van der Waals surface area contributed by atoms with Crippen LogP contribution < -0.4 is 0 Å². The number of rotatable bonds is 6. The summed E-state index contributed by atoms with van der Waals surface area (Å²) < 4.78 is 0. The number of hydrogen-bond acceptors (Lipinski definition) is 1. The maximum absolute atomic E-state index is 10.2. The molecule has 2 aromatic rings. The van der Waals surface area contributed by atoms with Crippen LogP contribution in [0.4, 0.5) is 0 Å². The van der Waals surface area contributed by atoms with E-state index in [-0.39, 0.29) is 5.41 Å². The maximum atomic E-state index is 10.2. The van der Waals surface area contributed by atoms with Crippen LogP contribution in [0.5, 0.6) is 5.75 Å². The van der Waals surface area contributed by atoms with Crippen molar-refractivity contribution in [2.75, 3.05) is 0 Å². The second kappa shape index (κ2) is 6.80. The molecule has 0 saturated carbocycles. The fourth-order valence-corrected chi connectivity index (χ4v) is 3.06. The van der Waals surface area contributed by atoms with Gasteiger partial charge < -0.3 is 5.11 Å². The van der Waals surface area contributed by atoms with E-state index in [1.807, 2.05) is 18.2 Å². The fraction of sp³-hybridized carbons (Fsp3) is 0.400. The van der Waals surface area contributed by atoms with Crippen molar-refractivity contribution in [3.05, 3.63) is 65.2 Å². The lowest BCUT2D eigenvalue weighted by Crippen LogP contribution is -2.21. The van der Waals surface area contributed by atoms with Crippen molar-refractivity contribution in [3.63, 3.8) is 0 Å². The summed E-state index contributed by atoms with van der Waals surface area (Å²) in [5.41, 5.74) is 3.53. The van der Waals surface area contributed by atoms with Crippen molar-refractivity contribution in [3.8, 4) is 5.75 Å². The maximum Gasteiger partial charge on any atom is 0.119 e. The normalized spacial score (nSPS) is 11.6. The van der Waals surface area contributed by atoms with E-state index in [0.29, 0.717) is 5.75 Å². The number of phenolic OH excluding ortho intramolecular Hbond substituents is 1. The number of unbranched alkanes of at least 4 members (excludes halogenated alkanes) is 2. The van der Waals surface area contributed by atoms with Gasteiger partial charge in [-0.2, -0.15) is 0 Å². The summed E-state index contributed by atoms with van der Waals surface area (Å²) in [6.07, 6.45) is 4.85. The molecule has 0 aliphatic rings. The average Bonchev–Trinajstić information content (AvgIpc) is 2.48. The second-order valence-corrected chi connectivity index (χ2v) is 6.26. The lowest BCUT2D eigenvalue weighted by molar-refractivity contribution is 0.452. The standard InChI is InChI=1S/C20H26O/c1-4-5-6-11-16-12-7-8-13-17(16)20(2,3)18-14-9-10-15-19(18)21/h7-10,12-15,21H,4-6,11H2,1-3H3. The molecular formula is C20H26O. The van der Waals surface area contributed by atoms with E-state index in [0.717, 1.165) is 12.0 Å². The zero-order valence-corrected chi connectivity index (χ0v) is 13.4. The molecule has 2 rings (SSSR count). The minimum atomic E-state index is -0.186. The number of phenols is 1. The molecule has 0 fully saturated rings. The summed E-state index contributed by atoms with van der Waals surface area (Å²) in [6, 6.07) is 16.3. The van der Waals surface area contributed by atoms with E-state index in [9.17, 15) is 5.11 Å². The van der Waals surface area contributed by atoms with E-state index < -0.39 is 0 Å². The van der Waals surface area contributed by atoms with Crippen LogP contribution in [-0.2, 0) is 11.8 Å². The Labute approximate surface area is 128 Å². The Morgan fingerprint density at radius 1 is 0.857 bits per heavy atom. The van der Waals surface area contributed by atoms with Gasteiger partial charge in [-0.15, -0.1) is 0 Å². The van der Waals surface area contributed by atoms with Gasteiger partial charge in [0.25, 0.3) is 0 Å². The Hall–Kier alpha value is -1.76. The minimum absolute atomic E-state index is 0.186. The van der Waals surface area contributed by atoms with Gasteiger partial charge in [-0.1, -0.05) is 76.1 Å². The highest BCUT2D eigenvalue weighted by Crippen LogP contribution is 2.38. The van der Waals surface area contributed by atoms with Gasteiger partial charge in [0.05, 0.1) is 0 Å². The molecule has 0 aromatic heterocycles. The molecule has 0 spiro atoms. The van der Waals surface area contributed by atoms with Gasteiger partial charge in [-0.05, 0) is 30.0 Å². The first kappa shape index (κ1) is 15.6. The van der Waals surface area contributed by atoms with E-state index in [1.165, 1.54) is 30.4 Å². The van der Waals surface area contributed by atoms with E-state index >= 15 is 0 Å². The highest BCUT2D eigenvalue weighted by atomic mass is 16.3. The number of aryl methyl sites for hydroxylation is 1. The first-order valence-electron chi connectivity index (χ1n) is 7.94. The van der Waals surface area contributed by atoms with Gasteiger partial charge in [0, 0.05) is 11.0 Å². The summed E-state index contributed by atoms with van der Waals surface area (Å²) in [7, 11) is 0. The number of para-hydroxylation sites is 1. The molecule has 0 saturated heterocycles. The van der Waals surface area contributed by atoms with Crippen LogP contribution in [0, 0.1) is 0 Å². The Morgan fingerprint density at radius 3 is 2.14 bits per heavy atom. The highest BCUT2D eigenvalue weighted by molar-refractivity contribution is 5.47. The van der Waals surface area contributed by atoms with Crippen LogP contribution >= 0.6 is 0 Å². The molecule has 0 radical (unpaired) electrons. The molecule has 0 atom stereocenters. The summed E-state index contributed by atoms with van der Waals surface area (Å²) in [5, 5.41) is 10.2. The molecule has 21 heavy (non-hydrogen) atoms. The average molecular weight is 282 g/mol. The zero-order chi connectivity index (χ0) is 15.3. The summed E-state index contributed by atoms with van der Waals surface area (Å²) >= 11 is 0. The molecule has 0 unspecified atom stereocenters. The third kappa shape index (κ3) is 3.47. The largest absolute Gasteiger partial charge is 0.508 e. The van der Waals surface area contributed by atoms with Crippen molar-refractivity contribution in [1.29, 1.82) is 0 Å². The second-order valence-electron chi connectivity index (χ2n) is 6.26. The third-order valence-corrected chi connectivity index (χ3v) is 4.32. The molecule has 112 valence electrons.